The summed E-state index contributed by atoms with van der Waals surface area (Å²) >= 11 is 0. The Hall–Kier alpha value is -1.64. The van der Waals surface area contributed by atoms with E-state index in [1.54, 1.807) is 0 Å². The van der Waals surface area contributed by atoms with Crippen molar-refractivity contribution in [2.24, 2.45) is 0 Å². The molecule has 4 aromatic rings. The fraction of sp³-hybridized carbons (Fsp3) is 0.167. The van der Waals surface area contributed by atoms with Crippen LogP contribution in [0.3, 0.4) is 0 Å². The fourth-order valence-corrected chi connectivity index (χ4v) is 2.35. The first-order chi connectivity index (χ1) is 12.9. The largest absolute Gasteiger partial charge is 0.748 e. The Labute approximate surface area is 190 Å². The molecule has 4 heteroatoms. The van der Waals surface area contributed by atoms with Gasteiger partial charge in [-0.2, -0.15) is 55.1 Å². The van der Waals surface area contributed by atoms with Crippen molar-refractivity contribution >= 4 is 0 Å². The predicted octanol–water partition coefficient (Wildman–Crippen LogP) is 4.81. The van der Waals surface area contributed by atoms with Crippen LogP contribution in [0.1, 0.15) is 11.1 Å². The molecule has 0 radical (unpaired) electrons. The van der Waals surface area contributed by atoms with Gasteiger partial charge in [0.2, 0.25) is 0 Å². The second-order valence-electron chi connectivity index (χ2n) is 5.86. The average Bonchev–Trinajstić information content (AvgIpc) is 3.48. The van der Waals surface area contributed by atoms with Gasteiger partial charge in [0.25, 0.3) is 0 Å². The van der Waals surface area contributed by atoms with Gasteiger partial charge in [-0.3, -0.25) is 0 Å². The Kier molecular flexibility index (Phi) is 17.6. The third-order valence-corrected chi connectivity index (χ3v) is 3.71. The van der Waals surface area contributed by atoms with Gasteiger partial charge in [0, 0.05) is 47.2 Å². The molecular formula is C24H28Fe2N2-8. The van der Waals surface area contributed by atoms with E-state index in [-0.39, 0.29) is 34.1 Å². The molecule has 0 aliphatic heterocycles. The van der Waals surface area contributed by atoms with Gasteiger partial charge in [0.05, 0.1) is 0 Å². The van der Waals surface area contributed by atoms with Gasteiger partial charge in [0.15, 0.2) is 0 Å². The van der Waals surface area contributed by atoms with E-state index in [1.165, 1.54) is 11.1 Å². The molecule has 2 N–H and O–H groups in total. The zero-order chi connectivity index (χ0) is 18.1. The minimum Gasteiger partial charge on any atom is -0.748 e. The normalized spacial score (nSPS) is 9.00. The number of nitrogens with one attached hydrogen (secondary N) is 2. The molecule has 28 heavy (non-hydrogen) atoms. The van der Waals surface area contributed by atoms with E-state index < -0.39 is 0 Å². The van der Waals surface area contributed by atoms with Gasteiger partial charge in [-0.05, 0) is 6.54 Å². The molecular weight excluding hydrogens is 428 g/mol. The van der Waals surface area contributed by atoms with E-state index in [4.69, 9.17) is 0 Å². The van der Waals surface area contributed by atoms with Crippen molar-refractivity contribution in [1.82, 2.24) is 10.6 Å². The summed E-state index contributed by atoms with van der Waals surface area (Å²) in [5, 5.41) is 6.81. The summed E-state index contributed by atoms with van der Waals surface area (Å²) in [6, 6.07) is 36.9. The van der Waals surface area contributed by atoms with Crippen LogP contribution in [0.4, 0.5) is 0 Å². The molecule has 0 aromatic heterocycles. The van der Waals surface area contributed by atoms with Crippen molar-refractivity contribution in [3.8, 4) is 0 Å². The average molecular weight is 456 g/mol. The Morgan fingerprint density at radius 1 is 0.607 bits per heavy atom. The Morgan fingerprint density at radius 2 is 1.07 bits per heavy atom. The van der Waals surface area contributed by atoms with Crippen molar-refractivity contribution < 1.29 is 34.1 Å². The molecule has 4 aromatic carbocycles. The van der Waals surface area contributed by atoms with Crippen molar-refractivity contribution in [1.29, 1.82) is 0 Å². The molecule has 0 atom stereocenters. The van der Waals surface area contributed by atoms with Crippen LogP contribution in [0.25, 0.3) is 0 Å². The van der Waals surface area contributed by atoms with Crippen molar-refractivity contribution in [2.45, 2.75) is 13.1 Å². The van der Waals surface area contributed by atoms with E-state index in [0.717, 1.165) is 26.2 Å². The molecule has 2 nitrogen and oxygen atoms in total. The Bertz CT molecular complexity index is 598. The first-order valence-corrected chi connectivity index (χ1v) is 9.11. The molecule has 158 valence electrons. The van der Waals surface area contributed by atoms with Crippen LogP contribution in [0, 0.1) is 0 Å². The molecule has 0 saturated heterocycles. The quantitative estimate of drug-likeness (QED) is 0.237. The van der Waals surface area contributed by atoms with Crippen molar-refractivity contribution in [3.05, 3.63) is 120 Å². The molecule has 0 aliphatic carbocycles. The van der Waals surface area contributed by atoms with Crippen molar-refractivity contribution in [3.63, 3.8) is 0 Å². The Balaban J connectivity index is 0.000000500. The summed E-state index contributed by atoms with van der Waals surface area (Å²) in [5.74, 6) is 0. The second kappa shape index (κ2) is 18.7. The first-order valence-electron chi connectivity index (χ1n) is 9.11. The van der Waals surface area contributed by atoms with Gasteiger partial charge >= 0.3 is 0 Å². The summed E-state index contributed by atoms with van der Waals surface area (Å²) in [5.41, 5.74) is 2.71. The summed E-state index contributed by atoms with van der Waals surface area (Å²) in [6.45, 7) is 3.94. The topological polar surface area (TPSA) is 24.1 Å². The van der Waals surface area contributed by atoms with E-state index >= 15 is 0 Å². The predicted molar refractivity (Wildman–Crippen MR) is 112 cm³/mol. The molecule has 0 unspecified atom stereocenters. The zero-order valence-corrected chi connectivity index (χ0v) is 18.1. The first kappa shape index (κ1) is 26.4. The standard InChI is InChI=1S/C14H18N2.2C5H5.2Fe/c1-2-6-13(5-1)11-15-9-10-16-12-14-7-3-4-8-14;2*1-2-4-5-3-1;;/h1-8,15-16H,9-12H2;2*1-5H;;/q-6;2*-1;;. The molecule has 4 rings (SSSR count). The third-order valence-electron chi connectivity index (χ3n) is 3.71. The summed E-state index contributed by atoms with van der Waals surface area (Å²) < 4.78 is 0. The summed E-state index contributed by atoms with van der Waals surface area (Å²) in [7, 11) is 0. The minimum absolute atomic E-state index is 0. The van der Waals surface area contributed by atoms with Crippen LogP contribution < -0.4 is 10.6 Å². The zero-order valence-electron chi connectivity index (χ0n) is 15.9. The van der Waals surface area contributed by atoms with Crippen molar-refractivity contribution in [2.75, 3.05) is 13.1 Å². The van der Waals surface area contributed by atoms with Gasteiger partial charge in [0.1, 0.15) is 0 Å². The maximum Gasteiger partial charge on any atom is 0.00680 e. The number of rotatable bonds is 7. The van der Waals surface area contributed by atoms with Crippen LogP contribution in [-0.2, 0) is 47.2 Å². The van der Waals surface area contributed by atoms with Gasteiger partial charge in [-0.15, -0.1) is 5.56 Å². The molecule has 0 bridgehead atoms. The monoisotopic (exact) mass is 456 g/mol. The minimum atomic E-state index is 0. The van der Waals surface area contributed by atoms with Crippen LogP contribution in [0.2, 0.25) is 0 Å². The van der Waals surface area contributed by atoms with Crippen LogP contribution >= 0.6 is 0 Å². The number of hydrogen-bond acceptors (Lipinski definition) is 2. The molecule has 0 fully saturated rings. The van der Waals surface area contributed by atoms with E-state index in [2.05, 4.69) is 59.2 Å². The van der Waals surface area contributed by atoms with Crippen LogP contribution in [0.5, 0.6) is 0 Å². The smallest absolute Gasteiger partial charge is 0.00680 e. The van der Waals surface area contributed by atoms with Gasteiger partial charge in [-0.1, -0.05) is 0 Å². The number of hydrogen-bond donors (Lipinski definition) is 2. The van der Waals surface area contributed by atoms with E-state index in [1.807, 2.05) is 60.7 Å². The van der Waals surface area contributed by atoms with Crippen LogP contribution in [0.15, 0.2) is 109 Å². The summed E-state index contributed by atoms with van der Waals surface area (Å²) in [4.78, 5) is 0. The maximum absolute atomic E-state index is 3.41. The fourth-order valence-electron chi connectivity index (χ4n) is 2.35. The Morgan fingerprint density at radius 3 is 1.50 bits per heavy atom. The second-order valence-corrected chi connectivity index (χ2v) is 5.86. The molecule has 0 aliphatic rings. The molecule has 0 spiro atoms. The van der Waals surface area contributed by atoms with Gasteiger partial charge in [-0.25, -0.2) is 36.4 Å². The molecule has 0 saturated carbocycles. The van der Waals surface area contributed by atoms with E-state index in [9.17, 15) is 0 Å². The maximum atomic E-state index is 3.41. The van der Waals surface area contributed by atoms with E-state index in [0.29, 0.717) is 0 Å². The molecule has 0 heterocycles. The third kappa shape index (κ3) is 13.5. The van der Waals surface area contributed by atoms with Crippen LogP contribution in [-0.4, -0.2) is 13.1 Å². The summed E-state index contributed by atoms with van der Waals surface area (Å²) in [6.07, 6.45) is 0. The SMILES string of the molecule is [Fe].[Fe].c1cc[c-](CNCCNC[c-]2[cH-][cH-][cH-][cH-]2)c1.c1cc[cH-]c1.c1cc[cH-]c1. The molecule has 0 amide bonds. The van der Waals surface area contributed by atoms with Gasteiger partial charge < -0.3 is 40.5 Å².